The highest BCUT2D eigenvalue weighted by Crippen LogP contribution is 2.32. The molecular weight excluding hydrogens is 494 g/mol. The third-order valence-corrected chi connectivity index (χ3v) is 7.44. The summed E-state index contributed by atoms with van der Waals surface area (Å²) in [6, 6.07) is 19.6. The Morgan fingerprint density at radius 3 is 2.35 bits per heavy atom. The molecule has 0 saturated carbocycles. The van der Waals surface area contributed by atoms with Crippen molar-refractivity contribution in [2.75, 3.05) is 17.1 Å². The number of nitrogens with zero attached hydrogens (tertiary/aromatic N) is 1. The van der Waals surface area contributed by atoms with Gasteiger partial charge < -0.3 is 4.74 Å². The smallest absolute Gasteiger partial charge is 0.261 e. The minimum absolute atomic E-state index is 0.0341. The first kappa shape index (κ1) is 23.7. The lowest BCUT2D eigenvalue weighted by molar-refractivity contribution is 0.102. The minimum Gasteiger partial charge on any atom is -0.497 e. The van der Waals surface area contributed by atoms with Crippen LogP contribution < -0.4 is 14.8 Å². The first-order valence-corrected chi connectivity index (χ1v) is 12.8. The van der Waals surface area contributed by atoms with Crippen LogP contribution >= 0.6 is 22.9 Å². The normalized spacial score (nSPS) is 11.1. The number of thiazole rings is 1. The molecule has 7 nitrogen and oxygen atoms in total. The van der Waals surface area contributed by atoms with E-state index in [1.54, 1.807) is 25.3 Å². The van der Waals surface area contributed by atoms with E-state index >= 15 is 0 Å². The number of sulfonamides is 1. The standard InChI is InChI=1S/C24H20ClN3O4S2/c1-15-22(16-7-11-18(32-2)12-8-16)26-24(33-15)27-23(29)20-5-3-4-6-21(20)28-34(30,31)19-13-9-17(25)10-14-19/h3-14,28H,1-2H3,(H,26,27,29). The van der Waals surface area contributed by atoms with Crippen molar-refractivity contribution in [3.8, 4) is 17.0 Å². The maximum absolute atomic E-state index is 13.0. The van der Waals surface area contributed by atoms with Gasteiger partial charge in [0.15, 0.2) is 5.13 Å². The Bertz CT molecular complexity index is 1430. The number of rotatable bonds is 7. The average molecular weight is 514 g/mol. The Balaban J connectivity index is 1.56. The summed E-state index contributed by atoms with van der Waals surface area (Å²) in [6.45, 7) is 1.92. The van der Waals surface area contributed by atoms with Crippen LogP contribution in [0.2, 0.25) is 5.02 Å². The molecule has 1 heterocycles. The zero-order valence-corrected chi connectivity index (χ0v) is 20.6. The molecule has 4 aromatic rings. The molecule has 0 saturated heterocycles. The molecule has 0 atom stereocenters. The zero-order chi connectivity index (χ0) is 24.3. The van der Waals surface area contributed by atoms with E-state index < -0.39 is 15.9 Å². The van der Waals surface area contributed by atoms with Gasteiger partial charge in [0.25, 0.3) is 15.9 Å². The van der Waals surface area contributed by atoms with Crippen LogP contribution in [0.4, 0.5) is 10.8 Å². The first-order chi connectivity index (χ1) is 16.3. The van der Waals surface area contributed by atoms with Crippen LogP contribution in [0.3, 0.4) is 0 Å². The number of hydrogen-bond acceptors (Lipinski definition) is 6. The predicted molar refractivity (Wildman–Crippen MR) is 135 cm³/mol. The van der Waals surface area contributed by atoms with Gasteiger partial charge in [0.05, 0.1) is 29.0 Å². The number of carbonyl (C=O) groups is 1. The van der Waals surface area contributed by atoms with E-state index in [0.29, 0.717) is 10.2 Å². The van der Waals surface area contributed by atoms with Gasteiger partial charge >= 0.3 is 0 Å². The molecule has 0 bridgehead atoms. The Hall–Kier alpha value is -3.40. The molecule has 4 rings (SSSR count). The number of carbonyl (C=O) groups excluding carboxylic acids is 1. The van der Waals surface area contributed by atoms with Gasteiger partial charge in [0.2, 0.25) is 0 Å². The number of ether oxygens (including phenoxy) is 1. The summed E-state index contributed by atoms with van der Waals surface area (Å²) in [6.07, 6.45) is 0. The number of nitrogens with one attached hydrogen (secondary N) is 2. The monoisotopic (exact) mass is 513 g/mol. The molecule has 1 amide bonds. The van der Waals surface area contributed by atoms with E-state index in [-0.39, 0.29) is 16.1 Å². The van der Waals surface area contributed by atoms with Crippen molar-refractivity contribution in [1.82, 2.24) is 4.98 Å². The number of methoxy groups -OCH3 is 1. The van der Waals surface area contributed by atoms with E-state index in [4.69, 9.17) is 16.3 Å². The molecule has 0 aliphatic rings. The molecule has 34 heavy (non-hydrogen) atoms. The second kappa shape index (κ2) is 9.84. The van der Waals surface area contributed by atoms with Gasteiger partial charge in [-0.25, -0.2) is 13.4 Å². The summed E-state index contributed by atoms with van der Waals surface area (Å²) >= 11 is 7.19. The number of hydrogen-bond donors (Lipinski definition) is 2. The predicted octanol–water partition coefficient (Wildman–Crippen LogP) is 5.83. The lowest BCUT2D eigenvalue weighted by Crippen LogP contribution is -2.18. The second-order valence-corrected chi connectivity index (χ2v) is 10.5. The SMILES string of the molecule is COc1ccc(-c2nc(NC(=O)c3ccccc3NS(=O)(=O)c3ccc(Cl)cc3)sc2C)cc1. The number of benzene rings is 3. The lowest BCUT2D eigenvalue weighted by Gasteiger charge is -2.12. The van der Waals surface area contributed by atoms with Gasteiger partial charge in [-0.2, -0.15) is 0 Å². The van der Waals surface area contributed by atoms with E-state index in [2.05, 4.69) is 15.0 Å². The van der Waals surface area contributed by atoms with Gasteiger partial charge in [-0.05, 0) is 67.6 Å². The third kappa shape index (κ3) is 5.22. The van der Waals surface area contributed by atoms with Crippen LogP contribution in [-0.2, 0) is 10.0 Å². The van der Waals surface area contributed by atoms with Crippen molar-refractivity contribution < 1.29 is 17.9 Å². The summed E-state index contributed by atoms with van der Waals surface area (Å²) in [5, 5.41) is 3.61. The summed E-state index contributed by atoms with van der Waals surface area (Å²) in [5.74, 6) is 0.257. The van der Waals surface area contributed by atoms with Gasteiger partial charge in [-0.15, -0.1) is 11.3 Å². The summed E-state index contributed by atoms with van der Waals surface area (Å²) in [7, 11) is -2.31. The van der Waals surface area contributed by atoms with Crippen LogP contribution in [-0.4, -0.2) is 26.4 Å². The topological polar surface area (TPSA) is 97.4 Å². The van der Waals surface area contributed by atoms with Crippen molar-refractivity contribution >= 4 is 49.7 Å². The van der Waals surface area contributed by atoms with E-state index in [1.807, 2.05) is 31.2 Å². The molecule has 0 fully saturated rings. The summed E-state index contributed by atoms with van der Waals surface area (Å²) < 4.78 is 33.3. The highest BCUT2D eigenvalue weighted by molar-refractivity contribution is 7.92. The first-order valence-electron chi connectivity index (χ1n) is 10.1. The van der Waals surface area contributed by atoms with Gasteiger partial charge in [0, 0.05) is 15.5 Å². The maximum atomic E-state index is 13.0. The molecule has 0 aliphatic heterocycles. The Kier molecular flexibility index (Phi) is 6.87. The van der Waals surface area contributed by atoms with Crippen molar-refractivity contribution in [2.45, 2.75) is 11.8 Å². The van der Waals surface area contributed by atoms with Crippen LogP contribution in [0.15, 0.2) is 77.7 Å². The summed E-state index contributed by atoms with van der Waals surface area (Å²) in [5.41, 5.74) is 1.96. The minimum atomic E-state index is -3.92. The van der Waals surface area contributed by atoms with Crippen molar-refractivity contribution in [3.63, 3.8) is 0 Å². The van der Waals surface area contributed by atoms with Crippen LogP contribution in [0.1, 0.15) is 15.2 Å². The van der Waals surface area contributed by atoms with Crippen LogP contribution in [0, 0.1) is 6.92 Å². The van der Waals surface area contributed by atoms with E-state index in [0.717, 1.165) is 21.9 Å². The van der Waals surface area contributed by atoms with E-state index in [1.165, 1.54) is 41.7 Å². The van der Waals surface area contributed by atoms with Gasteiger partial charge in [0.1, 0.15) is 5.75 Å². The average Bonchev–Trinajstić information content (AvgIpc) is 3.19. The van der Waals surface area contributed by atoms with Crippen LogP contribution in [0.5, 0.6) is 5.75 Å². The quantitative estimate of drug-likeness (QED) is 0.324. The number of halogens is 1. The molecule has 174 valence electrons. The fraction of sp³-hybridized carbons (Fsp3) is 0.0833. The summed E-state index contributed by atoms with van der Waals surface area (Å²) in [4.78, 5) is 18.5. The Morgan fingerprint density at radius 1 is 1.00 bits per heavy atom. The largest absolute Gasteiger partial charge is 0.497 e. The lowest BCUT2D eigenvalue weighted by atomic mass is 10.1. The Labute approximate surface area is 206 Å². The Morgan fingerprint density at radius 2 is 1.68 bits per heavy atom. The highest BCUT2D eigenvalue weighted by Gasteiger charge is 2.20. The van der Waals surface area contributed by atoms with Gasteiger partial charge in [-0.1, -0.05) is 23.7 Å². The fourth-order valence-corrected chi connectivity index (χ4v) is 5.26. The molecule has 2 N–H and O–H groups in total. The van der Waals surface area contributed by atoms with Crippen molar-refractivity contribution in [1.29, 1.82) is 0 Å². The second-order valence-electron chi connectivity index (χ2n) is 7.21. The zero-order valence-electron chi connectivity index (χ0n) is 18.2. The van der Waals surface area contributed by atoms with Crippen molar-refractivity contribution in [3.05, 3.63) is 88.3 Å². The molecular formula is C24H20ClN3O4S2. The fourth-order valence-electron chi connectivity index (χ4n) is 3.22. The highest BCUT2D eigenvalue weighted by atomic mass is 35.5. The molecule has 0 aliphatic carbocycles. The number of amides is 1. The maximum Gasteiger partial charge on any atom is 0.261 e. The third-order valence-electron chi connectivity index (χ3n) is 4.92. The van der Waals surface area contributed by atoms with Gasteiger partial charge in [-0.3, -0.25) is 14.8 Å². The number of aromatic nitrogens is 1. The van der Waals surface area contributed by atoms with Crippen molar-refractivity contribution in [2.24, 2.45) is 0 Å². The molecule has 10 heteroatoms. The molecule has 3 aromatic carbocycles. The molecule has 1 aromatic heterocycles. The van der Waals surface area contributed by atoms with Crippen LogP contribution in [0.25, 0.3) is 11.3 Å². The number of para-hydroxylation sites is 1. The molecule has 0 radical (unpaired) electrons. The van der Waals surface area contributed by atoms with E-state index in [9.17, 15) is 13.2 Å². The molecule has 0 unspecified atom stereocenters. The molecule has 0 spiro atoms. The number of anilines is 2. The number of aryl methyl sites for hydroxylation is 1.